The van der Waals surface area contributed by atoms with Crippen LogP contribution in [0.25, 0.3) is 0 Å². The van der Waals surface area contributed by atoms with Crippen molar-refractivity contribution in [3.05, 3.63) is 76.4 Å². The van der Waals surface area contributed by atoms with Gasteiger partial charge in [0.1, 0.15) is 18.1 Å². The van der Waals surface area contributed by atoms with Gasteiger partial charge in [0.2, 0.25) is 0 Å². The number of ether oxygens (including phenoxy) is 1. The average molecular weight is 327 g/mol. The van der Waals surface area contributed by atoms with Crippen molar-refractivity contribution in [3.8, 4) is 5.75 Å². The Bertz CT molecular complexity index is 750. The molecule has 2 aromatic heterocycles. The fraction of sp³-hybridized carbons (Fsp3) is 0.167. The number of furan rings is 1. The molecule has 118 valence electrons. The highest BCUT2D eigenvalue weighted by atomic mass is 32.1. The minimum absolute atomic E-state index is 0.0448. The quantitative estimate of drug-likeness (QED) is 0.729. The van der Waals surface area contributed by atoms with E-state index >= 15 is 0 Å². The molecule has 0 bridgehead atoms. The first kappa shape index (κ1) is 15.4. The molecule has 0 saturated carbocycles. The second-order valence-corrected chi connectivity index (χ2v) is 6.06. The Balaban J connectivity index is 1.57. The normalized spacial score (nSPS) is 11.9. The van der Waals surface area contributed by atoms with Gasteiger partial charge in [0, 0.05) is 4.88 Å². The van der Waals surface area contributed by atoms with Crippen molar-refractivity contribution >= 4 is 17.2 Å². The van der Waals surface area contributed by atoms with E-state index in [4.69, 9.17) is 9.15 Å². The second-order valence-electron chi connectivity index (χ2n) is 5.08. The third-order valence-electron chi connectivity index (χ3n) is 3.33. The molecule has 0 aliphatic rings. The van der Waals surface area contributed by atoms with Gasteiger partial charge in [-0.15, -0.1) is 11.3 Å². The lowest BCUT2D eigenvalue weighted by molar-refractivity contribution is 0.0908. The Kier molecular flexibility index (Phi) is 4.78. The van der Waals surface area contributed by atoms with Gasteiger partial charge in [0.15, 0.2) is 5.76 Å². The Labute approximate surface area is 138 Å². The number of hydrogen-bond acceptors (Lipinski definition) is 4. The van der Waals surface area contributed by atoms with Gasteiger partial charge in [0.05, 0.1) is 6.04 Å². The summed E-state index contributed by atoms with van der Waals surface area (Å²) in [7, 11) is 0. The molecular weight excluding hydrogens is 310 g/mol. The van der Waals surface area contributed by atoms with Crippen LogP contribution < -0.4 is 10.1 Å². The summed E-state index contributed by atoms with van der Waals surface area (Å²) in [6, 6.07) is 16.8. The van der Waals surface area contributed by atoms with Crippen molar-refractivity contribution in [2.24, 2.45) is 0 Å². The van der Waals surface area contributed by atoms with E-state index in [0.717, 1.165) is 10.6 Å². The van der Waals surface area contributed by atoms with Crippen LogP contribution in [0.3, 0.4) is 0 Å². The van der Waals surface area contributed by atoms with Gasteiger partial charge < -0.3 is 14.5 Å². The summed E-state index contributed by atoms with van der Waals surface area (Å²) in [6.45, 7) is 2.24. The van der Waals surface area contributed by atoms with Crippen LogP contribution in [0.5, 0.6) is 5.75 Å². The summed E-state index contributed by atoms with van der Waals surface area (Å²) in [4.78, 5) is 13.3. The third-order valence-corrected chi connectivity index (χ3v) is 4.38. The first-order valence-electron chi connectivity index (χ1n) is 7.33. The first-order valence-corrected chi connectivity index (χ1v) is 8.21. The van der Waals surface area contributed by atoms with Crippen LogP contribution in [0.4, 0.5) is 0 Å². The number of carbonyl (C=O) groups excluding carboxylic acids is 1. The molecule has 1 atom stereocenters. The molecule has 0 radical (unpaired) electrons. The van der Waals surface area contributed by atoms with Gasteiger partial charge in [-0.25, -0.2) is 0 Å². The predicted octanol–water partition coefficient (Wildman–Crippen LogP) is 4.41. The predicted molar refractivity (Wildman–Crippen MR) is 89.7 cm³/mol. The van der Waals surface area contributed by atoms with E-state index < -0.39 is 0 Å². The van der Waals surface area contributed by atoms with E-state index in [0.29, 0.717) is 11.5 Å². The minimum atomic E-state index is -0.225. The minimum Gasteiger partial charge on any atom is -0.486 e. The van der Waals surface area contributed by atoms with Crippen molar-refractivity contribution in [1.82, 2.24) is 5.32 Å². The monoisotopic (exact) mass is 327 g/mol. The van der Waals surface area contributed by atoms with Gasteiger partial charge in [0.25, 0.3) is 5.91 Å². The van der Waals surface area contributed by atoms with E-state index in [-0.39, 0.29) is 18.6 Å². The lowest BCUT2D eigenvalue weighted by atomic mass is 10.2. The van der Waals surface area contributed by atoms with Crippen LogP contribution in [0.2, 0.25) is 0 Å². The van der Waals surface area contributed by atoms with Crippen molar-refractivity contribution < 1.29 is 13.9 Å². The molecule has 0 aliphatic heterocycles. The van der Waals surface area contributed by atoms with E-state index in [1.807, 2.05) is 54.8 Å². The molecule has 0 spiro atoms. The number of hydrogen-bond donors (Lipinski definition) is 1. The molecule has 3 rings (SSSR count). The molecule has 0 fully saturated rings. The zero-order chi connectivity index (χ0) is 16.1. The van der Waals surface area contributed by atoms with E-state index in [1.54, 1.807) is 23.5 Å². The summed E-state index contributed by atoms with van der Waals surface area (Å²) in [5.74, 6) is 1.45. The van der Waals surface area contributed by atoms with E-state index in [1.165, 1.54) is 0 Å². The highest BCUT2D eigenvalue weighted by molar-refractivity contribution is 7.10. The van der Waals surface area contributed by atoms with Crippen LogP contribution in [0, 0.1) is 0 Å². The van der Waals surface area contributed by atoms with Gasteiger partial charge in [-0.2, -0.15) is 0 Å². The molecule has 3 aromatic rings. The molecule has 4 nitrogen and oxygen atoms in total. The van der Waals surface area contributed by atoms with Gasteiger partial charge in [-0.05, 0) is 42.6 Å². The maximum Gasteiger partial charge on any atom is 0.287 e. The van der Waals surface area contributed by atoms with Crippen molar-refractivity contribution in [3.63, 3.8) is 0 Å². The van der Waals surface area contributed by atoms with Crippen LogP contribution in [0.15, 0.2) is 64.4 Å². The SMILES string of the molecule is CC(NC(=O)c1ccc(COc2ccccc2)o1)c1cccs1. The highest BCUT2D eigenvalue weighted by Gasteiger charge is 2.15. The summed E-state index contributed by atoms with van der Waals surface area (Å²) in [6.07, 6.45) is 0. The number of thiophene rings is 1. The van der Waals surface area contributed by atoms with Crippen LogP contribution in [-0.2, 0) is 6.61 Å². The maximum atomic E-state index is 12.2. The van der Waals surface area contributed by atoms with Crippen LogP contribution in [0.1, 0.15) is 34.2 Å². The summed E-state index contributed by atoms with van der Waals surface area (Å²) < 4.78 is 11.2. The maximum absolute atomic E-state index is 12.2. The fourth-order valence-electron chi connectivity index (χ4n) is 2.13. The fourth-order valence-corrected chi connectivity index (χ4v) is 2.86. The standard InChI is InChI=1S/C18H17NO3S/c1-13(17-8-5-11-23-17)19-18(20)16-10-9-15(22-16)12-21-14-6-3-2-4-7-14/h2-11,13H,12H2,1H3,(H,19,20). The first-order chi connectivity index (χ1) is 11.2. The zero-order valence-corrected chi connectivity index (χ0v) is 13.5. The van der Waals surface area contributed by atoms with E-state index in [9.17, 15) is 4.79 Å². The highest BCUT2D eigenvalue weighted by Crippen LogP contribution is 2.19. The largest absolute Gasteiger partial charge is 0.486 e. The van der Waals surface area contributed by atoms with Crippen molar-refractivity contribution in [1.29, 1.82) is 0 Å². The van der Waals surface area contributed by atoms with Gasteiger partial charge >= 0.3 is 0 Å². The van der Waals surface area contributed by atoms with Crippen LogP contribution >= 0.6 is 11.3 Å². The van der Waals surface area contributed by atoms with Gasteiger partial charge in [-0.1, -0.05) is 24.3 Å². The molecule has 5 heteroatoms. The Hall–Kier alpha value is -2.53. The summed E-state index contributed by atoms with van der Waals surface area (Å²) in [5.41, 5.74) is 0. The van der Waals surface area contributed by atoms with Crippen molar-refractivity contribution in [2.75, 3.05) is 0 Å². The topological polar surface area (TPSA) is 51.5 Å². The van der Waals surface area contributed by atoms with Crippen molar-refractivity contribution in [2.45, 2.75) is 19.6 Å². The molecule has 0 aliphatic carbocycles. The number of amides is 1. The molecule has 2 heterocycles. The number of rotatable bonds is 6. The molecule has 1 unspecified atom stereocenters. The van der Waals surface area contributed by atoms with Gasteiger partial charge in [-0.3, -0.25) is 4.79 Å². The molecule has 1 N–H and O–H groups in total. The Morgan fingerprint density at radius 1 is 1.17 bits per heavy atom. The molecule has 1 amide bonds. The average Bonchev–Trinajstić information content (AvgIpc) is 3.25. The molecule has 0 saturated heterocycles. The zero-order valence-electron chi connectivity index (χ0n) is 12.7. The van der Waals surface area contributed by atoms with E-state index in [2.05, 4.69) is 5.32 Å². The Morgan fingerprint density at radius 3 is 2.74 bits per heavy atom. The number of benzene rings is 1. The second kappa shape index (κ2) is 7.15. The molecule has 23 heavy (non-hydrogen) atoms. The Morgan fingerprint density at radius 2 is 2.00 bits per heavy atom. The number of carbonyl (C=O) groups is 1. The molecular formula is C18H17NO3S. The number of nitrogens with one attached hydrogen (secondary N) is 1. The number of para-hydroxylation sites is 1. The molecule has 1 aromatic carbocycles. The summed E-state index contributed by atoms with van der Waals surface area (Å²) in [5, 5.41) is 4.91. The lowest BCUT2D eigenvalue weighted by Gasteiger charge is -2.10. The smallest absolute Gasteiger partial charge is 0.287 e. The lowest BCUT2D eigenvalue weighted by Crippen LogP contribution is -2.25. The summed E-state index contributed by atoms with van der Waals surface area (Å²) >= 11 is 1.61. The third kappa shape index (κ3) is 4.02. The van der Waals surface area contributed by atoms with Crippen LogP contribution in [-0.4, -0.2) is 5.91 Å².